The van der Waals surface area contributed by atoms with Crippen LogP contribution in [-0.4, -0.2) is 24.0 Å². The fraction of sp³-hybridized carbons (Fsp3) is 0.778. The van der Waals surface area contributed by atoms with Gasteiger partial charge in [0.1, 0.15) is 0 Å². The zero-order valence-corrected chi connectivity index (χ0v) is 6.84. The fourth-order valence-corrected chi connectivity index (χ4v) is 1.58. The van der Waals surface area contributed by atoms with E-state index in [1.807, 2.05) is 6.08 Å². The Morgan fingerprint density at radius 3 is 3.00 bits per heavy atom. The van der Waals surface area contributed by atoms with Gasteiger partial charge in [0.15, 0.2) is 0 Å². The van der Waals surface area contributed by atoms with Gasteiger partial charge < -0.3 is 4.90 Å². The van der Waals surface area contributed by atoms with Gasteiger partial charge in [-0.15, -0.1) is 6.58 Å². The molecule has 1 unspecified atom stereocenters. The summed E-state index contributed by atoms with van der Waals surface area (Å²) in [4.78, 5) is 2.54. The van der Waals surface area contributed by atoms with E-state index < -0.39 is 0 Å². The molecule has 1 heteroatoms. The highest BCUT2D eigenvalue weighted by atomic mass is 15.2. The molecule has 10 heavy (non-hydrogen) atoms. The van der Waals surface area contributed by atoms with E-state index in [-0.39, 0.29) is 0 Å². The summed E-state index contributed by atoms with van der Waals surface area (Å²) in [5.74, 6) is 0. The van der Waals surface area contributed by atoms with Crippen LogP contribution in [0.2, 0.25) is 0 Å². The quantitative estimate of drug-likeness (QED) is 0.541. The highest BCUT2D eigenvalue weighted by molar-refractivity contribution is 4.78. The van der Waals surface area contributed by atoms with Crippen molar-refractivity contribution < 1.29 is 0 Å². The van der Waals surface area contributed by atoms with Crippen molar-refractivity contribution in [1.29, 1.82) is 0 Å². The van der Waals surface area contributed by atoms with E-state index in [0.717, 1.165) is 12.5 Å². The minimum atomic E-state index is 0.819. The second kappa shape index (κ2) is 3.77. The maximum absolute atomic E-state index is 3.72. The fourth-order valence-electron chi connectivity index (χ4n) is 1.58. The molecule has 0 aromatic heterocycles. The zero-order valence-electron chi connectivity index (χ0n) is 6.84. The number of nitrogens with zero attached hydrogens (tertiary/aromatic N) is 1. The van der Waals surface area contributed by atoms with Gasteiger partial charge in [-0.25, -0.2) is 0 Å². The predicted molar refractivity (Wildman–Crippen MR) is 45.1 cm³/mol. The van der Waals surface area contributed by atoms with E-state index in [9.17, 15) is 0 Å². The Balaban J connectivity index is 2.19. The molecule has 0 aromatic rings. The molecule has 0 amide bonds. The topological polar surface area (TPSA) is 3.24 Å². The number of rotatable bonds is 3. The maximum Gasteiger partial charge on any atom is 0.00675 e. The van der Waals surface area contributed by atoms with Gasteiger partial charge in [-0.1, -0.05) is 6.08 Å². The molecule has 1 fully saturated rings. The molecule has 0 bridgehead atoms. The van der Waals surface area contributed by atoms with Crippen LogP contribution < -0.4 is 0 Å². The second-order valence-corrected chi connectivity index (χ2v) is 3.10. The third kappa shape index (κ3) is 1.84. The molecule has 0 spiro atoms. The molecule has 1 aliphatic heterocycles. The molecule has 0 aliphatic carbocycles. The van der Waals surface area contributed by atoms with Crippen molar-refractivity contribution in [2.45, 2.75) is 32.2 Å². The molecule has 1 heterocycles. The van der Waals surface area contributed by atoms with Crippen LogP contribution >= 0.6 is 0 Å². The van der Waals surface area contributed by atoms with Crippen molar-refractivity contribution >= 4 is 0 Å². The van der Waals surface area contributed by atoms with Gasteiger partial charge in [-0.3, -0.25) is 0 Å². The van der Waals surface area contributed by atoms with Crippen LogP contribution in [0.3, 0.4) is 0 Å². The summed E-state index contributed by atoms with van der Waals surface area (Å²) in [5, 5.41) is 0. The van der Waals surface area contributed by atoms with Crippen molar-refractivity contribution in [3.05, 3.63) is 12.7 Å². The Kier molecular flexibility index (Phi) is 2.94. The average Bonchev–Trinajstić information content (AvgIpc) is 2.31. The lowest BCUT2D eigenvalue weighted by Gasteiger charge is -2.19. The second-order valence-electron chi connectivity index (χ2n) is 3.10. The minimum Gasteiger partial charge on any atom is -0.300 e. The standard InChI is InChI=1S/C9H17N/c1-3-4-7-10-8-5-6-9(10)2/h3,9H,1,4-8H2,2H3. The molecular formula is C9H17N. The van der Waals surface area contributed by atoms with E-state index in [2.05, 4.69) is 18.4 Å². The lowest BCUT2D eigenvalue weighted by Crippen LogP contribution is -2.27. The van der Waals surface area contributed by atoms with Crippen molar-refractivity contribution in [2.24, 2.45) is 0 Å². The first-order valence-corrected chi connectivity index (χ1v) is 4.19. The molecule has 1 saturated heterocycles. The molecule has 0 aromatic carbocycles. The Bertz CT molecular complexity index is 109. The van der Waals surface area contributed by atoms with Crippen LogP contribution in [0, 0.1) is 0 Å². The third-order valence-corrected chi connectivity index (χ3v) is 2.31. The van der Waals surface area contributed by atoms with Crippen LogP contribution in [0.5, 0.6) is 0 Å². The van der Waals surface area contributed by atoms with E-state index in [1.54, 1.807) is 0 Å². The van der Waals surface area contributed by atoms with Crippen LogP contribution in [-0.2, 0) is 0 Å². The Morgan fingerprint density at radius 2 is 2.50 bits per heavy atom. The molecular weight excluding hydrogens is 122 g/mol. The predicted octanol–water partition coefficient (Wildman–Crippen LogP) is 2.05. The highest BCUT2D eigenvalue weighted by Gasteiger charge is 2.18. The maximum atomic E-state index is 3.72. The van der Waals surface area contributed by atoms with E-state index >= 15 is 0 Å². The molecule has 0 radical (unpaired) electrons. The molecule has 0 saturated carbocycles. The number of hydrogen-bond acceptors (Lipinski definition) is 1. The van der Waals surface area contributed by atoms with E-state index in [1.165, 1.54) is 25.9 Å². The summed E-state index contributed by atoms with van der Waals surface area (Å²) in [6, 6.07) is 0.819. The van der Waals surface area contributed by atoms with Crippen molar-refractivity contribution in [3.8, 4) is 0 Å². The summed E-state index contributed by atoms with van der Waals surface area (Å²) in [6.45, 7) is 8.55. The van der Waals surface area contributed by atoms with Crippen molar-refractivity contribution in [3.63, 3.8) is 0 Å². The average molecular weight is 139 g/mol. The highest BCUT2D eigenvalue weighted by Crippen LogP contribution is 2.15. The molecule has 1 atom stereocenters. The van der Waals surface area contributed by atoms with E-state index in [4.69, 9.17) is 0 Å². The molecule has 1 aliphatic rings. The summed E-state index contributed by atoms with van der Waals surface area (Å²) in [6.07, 6.45) is 5.92. The number of likely N-dealkylation sites (tertiary alicyclic amines) is 1. The summed E-state index contributed by atoms with van der Waals surface area (Å²) in [7, 11) is 0. The van der Waals surface area contributed by atoms with E-state index in [0.29, 0.717) is 0 Å². The summed E-state index contributed by atoms with van der Waals surface area (Å²) >= 11 is 0. The largest absolute Gasteiger partial charge is 0.300 e. The van der Waals surface area contributed by atoms with Gasteiger partial charge in [0, 0.05) is 12.6 Å². The van der Waals surface area contributed by atoms with Gasteiger partial charge in [-0.2, -0.15) is 0 Å². The first-order valence-electron chi connectivity index (χ1n) is 4.19. The minimum absolute atomic E-state index is 0.819. The van der Waals surface area contributed by atoms with Gasteiger partial charge in [0.05, 0.1) is 0 Å². The molecule has 58 valence electrons. The van der Waals surface area contributed by atoms with Gasteiger partial charge in [0.25, 0.3) is 0 Å². The lowest BCUT2D eigenvalue weighted by molar-refractivity contribution is 0.274. The first kappa shape index (κ1) is 7.80. The SMILES string of the molecule is C=CCCN1CCCC1C. The van der Waals surface area contributed by atoms with Crippen LogP contribution in [0.15, 0.2) is 12.7 Å². The Morgan fingerprint density at radius 1 is 1.70 bits per heavy atom. The zero-order chi connectivity index (χ0) is 7.40. The lowest BCUT2D eigenvalue weighted by atomic mass is 10.2. The number of hydrogen-bond donors (Lipinski definition) is 0. The van der Waals surface area contributed by atoms with Crippen LogP contribution in [0.25, 0.3) is 0 Å². The van der Waals surface area contributed by atoms with Gasteiger partial charge in [-0.05, 0) is 32.7 Å². The molecule has 1 rings (SSSR count). The van der Waals surface area contributed by atoms with Gasteiger partial charge in [0.2, 0.25) is 0 Å². The Labute approximate surface area is 63.7 Å². The molecule has 1 nitrogen and oxygen atoms in total. The first-order chi connectivity index (χ1) is 4.84. The van der Waals surface area contributed by atoms with Crippen molar-refractivity contribution in [1.82, 2.24) is 4.90 Å². The summed E-state index contributed by atoms with van der Waals surface area (Å²) in [5.41, 5.74) is 0. The third-order valence-electron chi connectivity index (χ3n) is 2.31. The smallest absolute Gasteiger partial charge is 0.00675 e. The Hall–Kier alpha value is -0.300. The van der Waals surface area contributed by atoms with Gasteiger partial charge >= 0.3 is 0 Å². The van der Waals surface area contributed by atoms with Crippen molar-refractivity contribution in [2.75, 3.05) is 13.1 Å². The summed E-state index contributed by atoms with van der Waals surface area (Å²) < 4.78 is 0. The van der Waals surface area contributed by atoms with Crippen LogP contribution in [0.1, 0.15) is 26.2 Å². The molecule has 0 N–H and O–H groups in total. The van der Waals surface area contributed by atoms with Crippen LogP contribution in [0.4, 0.5) is 0 Å². The normalized spacial score (nSPS) is 27.1. The monoisotopic (exact) mass is 139 g/mol.